The summed E-state index contributed by atoms with van der Waals surface area (Å²) in [7, 11) is 0. The molecule has 0 heterocycles. The molecule has 15 heavy (non-hydrogen) atoms. The van der Waals surface area contributed by atoms with Gasteiger partial charge < -0.3 is 4.74 Å². The molecule has 0 aromatic heterocycles. The molecule has 1 rings (SSSR count). The van der Waals surface area contributed by atoms with Gasteiger partial charge in [-0.2, -0.15) is 0 Å². The molecule has 5 heteroatoms. The molecule has 0 aliphatic rings. The van der Waals surface area contributed by atoms with Gasteiger partial charge in [-0.05, 0) is 12.1 Å². The molecule has 3 nitrogen and oxygen atoms in total. The summed E-state index contributed by atoms with van der Waals surface area (Å²) in [6, 6.07) is 9.05. The van der Waals surface area contributed by atoms with E-state index in [9.17, 15) is 4.79 Å². The lowest BCUT2D eigenvalue weighted by Crippen LogP contribution is -2.15. The van der Waals surface area contributed by atoms with Gasteiger partial charge in [0.15, 0.2) is 0 Å². The van der Waals surface area contributed by atoms with E-state index >= 15 is 0 Å². The van der Waals surface area contributed by atoms with E-state index in [1.165, 1.54) is 0 Å². The van der Waals surface area contributed by atoms with Crippen molar-refractivity contribution in [2.24, 2.45) is 0 Å². The van der Waals surface area contributed by atoms with Gasteiger partial charge in [-0.25, -0.2) is 4.79 Å². The maximum absolute atomic E-state index is 11.2. The molecule has 0 unspecified atom stereocenters. The Morgan fingerprint density at radius 3 is 2.60 bits per heavy atom. The van der Waals surface area contributed by atoms with Crippen LogP contribution in [0.2, 0.25) is 0 Å². The van der Waals surface area contributed by atoms with Crippen molar-refractivity contribution in [3.05, 3.63) is 30.3 Å². The maximum atomic E-state index is 11.2. The molecule has 82 valence electrons. The highest BCUT2D eigenvalue weighted by Crippen LogP contribution is 2.08. The normalized spacial score (nSPS) is 10.1. The highest BCUT2D eigenvalue weighted by Gasteiger charge is 2.04. The minimum absolute atomic E-state index is 0.205. The van der Waals surface area contributed by atoms with Crippen molar-refractivity contribution >= 4 is 35.0 Å². The molecular formula is C10H11Cl2NO2. The molecule has 0 bridgehead atoms. The number of hydrogen-bond donors (Lipinski definition) is 1. The molecule has 0 radical (unpaired) electrons. The number of alkyl halides is 2. The summed E-state index contributed by atoms with van der Waals surface area (Å²) in [4.78, 5) is 10.7. The fourth-order valence-corrected chi connectivity index (χ4v) is 1.09. The van der Waals surface area contributed by atoms with Gasteiger partial charge in [-0.1, -0.05) is 18.2 Å². The first-order valence-electron chi connectivity index (χ1n) is 4.45. The van der Waals surface area contributed by atoms with Crippen LogP contribution in [0.4, 0.5) is 10.5 Å². The second kappa shape index (κ2) is 6.53. The van der Waals surface area contributed by atoms with Gasteiger partial charge in [0, 0.05) is 12.1 Å². The zero-order valence-corrected chi connectivity index (χ0v) is 9.46. The largest absolute Gasteiger partial charge is 0.449 e. The van der Waals surface area contributed by atoms with Gasteiger partial charge in [-0.15, -0.1) is 23.2 Å². The standard InChI is InChI=1S/C10H11Cl2NO2/c11-9(12)6-7-15-10(14)13-8-4-2-1-3-5-8/h1-5,9H,6-7H2,(H,13,14). The maximum Gasteiger partial charge on any atom is 0.411 e. The summed E-state index contributed by atoms with van der Waals surface area (Å²) in [6.07, 6.45) is -0.0825. The lowest BCUT2D eigenvalue weighted by molar-refractivity contribution is 0.161. The molecule has 0 atom stereocenters. The lowest BCUT2D eigenvalue weighted by atomic mass is 10.3. The number of para-hydroxylation sites is 1. The van der Waals surface area contributed by atoms with E-state index in [0.29, 0.717) is 12.1 Å². The molecule has 0 saturated carbocycles. The summed E-state index contributed by atoms with van der Waals surface area (Å²) in [5, 5.41) is 2.57. The topological polar surface area (TPSA) is 38.3 Å². The van der Waals surface area contributed by atoms with Crippen LogP contribution in [0.1, 0.15) is 6.42 Å². The molecule has 1 aromatic rings. The lowest BCUT2D eigenvalue weighted by Gasteiger charge is -2.06. The zero-order chi connectivity index (χ0) is 11.1. The molecular weight excluding hydrogens is 237 g/mol. The van der Waals surface area contributed by atoms with Crippen LogP contribution in [0.15, 0.2) is 30.3 Å². The average Bonchev–Trinajstić information content (AvgIpc) is 2.18. The highest BCUT2D eigenvalue weighted by molar-refractivity contribution is 6.44. The highest BCUT2D eigenvalue weighted by atomic mass is 35.5. The van der Waals surface area contributed by atoms with E-state index in [-0.39, 0.29) is 6.61 Å². The van der Waals surface area contributed by atoms with Crippen molar-refractivity contribution in [3.63, 3.8) is 0 Å². The predicted octanol–water partition coefficient (Wildman–Crippen LogP) is 3.43. The monoisotopic (exact) mass is 247 g/mol. The first-order chi connectivity index (χ1) is 7.18. The fraction of sp³-hybridized carbons (Fsp3) is 0.300. The molecule has 0 aliphatic carbocycles. The van der Waals surface area contributed by atoms with Gasteiger partial charge in [-0.3, -0.25) is 5.32 Å². The summed E-state index contributed by atoms with van der Waals surface area (Å²) >= 11 is 11.0. The molecule has 1 N–H and O–H groups in total. The van der Waals surface area contributed by atoms with Crippen molar-refractivity contribution in [1.82, 2.24) is 0 Å². The van der Waals surface area contributed by atoms with Gasteiger partial charge in [0.2, 0.25) is 0 Å². The fourth-order valence-electron chi connectivity index (χ4n) is 0.916. The number of anilines is 1. The molecule has 0 aliphatic heterocycles. The molecule has 0 fully saturated rings. The second-order valence-electron chi connectivity index (χ2n) is 2.81. The van der Waals surface area contributed by atoms with Crippen molar-refractivity contribution in [1.29, 1.82) is 0 Å². The summed E-state index contributed by atoms with van der Waals surface area (Å²) < 4.78 is 4.84. The van der Waals surface area contributed by atoms with Crippen LogP contribution in [-0.4, -0.2) is 17.5 Å². The molecule has 0 saturated heterocycles. The Kier molecular flexibility index (Phi) is 5.29. The van der Waals surface area contributed by atoms with Crippen LogP contribution in [0.25, 0.3) is 0 Å². The van der Waals surface area contributed by atoms with E-state index in [0.717, 1.165) is 0 Å². The average molecular weight is 248 g/mol. The molecule has 0 spiro atoms. The Morgan fingerprint density at radius 1 is 1.33 bits per heavy atom. The van der Waals surface area contributed by atoms with Crippen LogP contribution in [0.5, 0.6) is 0 Å². The Labute approximate surface area is 98.3 Å². The number of rotatable bonds is 4. The van der Waals surface area contributed by atoms with E-state index in [1.54, 1.807) is 12.1 Å². The number of amides is 1. The zero-order valence-electron chi connectivity index (χ0n) is 7.95. The number of benzene rings is 1. The van der Waals surface area contributed by atoms with Crippen LogP contribution >= 0.6 is 23.2 Å². The van der Waals surface area contributed by atoms with Crippen LogP contribution < -0.4 is 5.32 Å². The van der Waals surface area contributed by atoms with Gasteiger partial charge in [0.05, 0.1) is 6.61 Å². The van der Waals surface area contributed by atoms with Crippen molar-refractivity contribution in [2.45, 2.75) is 11.3 Å². The van der Waals surface area contributed by atoms with Crippen LogP contribution in [-0.2, 0) is 4.74 Å². The number of nitrogens with one attached hydrogen (secondary N) is 1. The Morgan fingerprint density at radius 2 is 2.00 bits per heavy atom. The SMILES string of the molecule is O=C(Nc1ccccc1)OCCC(Cl)Cl. The van der Waals surface area contributed by atoms with Crippen molar-refractivity contribution < 1.29 is 9.53 Å². The van der Waals surface area contributed by atoms with E-state index in [1.807, 2.05) is 18.2 Å². The van der Waals surface area contributed by atoms with E-state index in [2.05, 4.69) is 5.32 Å². The summed E-state index contributed by atoms with van der Waals surface area (Å²) in [5.74, 6) is 0. The summed E-state index contributed by atoms with van der Waals surface area (Å²) in [5.41, 5.74) is 0.691. The third-order valence-corrected chi connectivity index (χ3v) is 2.03. The van der Waals surface area contributed by atoms with Gasteiger partial charge >= 0.3 is 6.09 Å². The predicted molar refractivity (Wildman–Crippen MR) is 61.5 cm³/mol. The van der Waals surface area contributed by atoms with E-state index < -0.39 is 10.9 Å². The number of halogens is 2. The minimum atomic E-state index is -0.505. The first-order valence-corrected chi connectivity index (χ1v) is 5.33. The van der Waals surface area contributed by atoms with Crippen molar-refractivity contribution in [3.8, 4) is 0 Å². The quantitative estimate of drug-likeness (QED) is 0.829. The third kappa shape index (κ3) is 5.50. The molecule has 1 aromatic carbocycles. The number of hydrogen-bond acceptors (Lipinski definition) is 2. The smallest absolute Gasteiger partial charge is 0.411 e. The number of ether oxygens (including phenoxy) is 1. The van der Waals surface area contributed by atoms with Crippen LogP contribution in [0.3, 0.4) is 0 Å². The first kappa shape index (κ1) is 12.1. The van der Waals surface area contributed by atoms with Crippen molar-refractivity contribution in [2.75, 3.05) is 11.9 Å². The van der Waals surface area contributed by atoms with Gasteiger partial charge in [0.25, 0.3) is 0 Å². The number of carbonyl (C=O) groups excluding carboxylic acids is 1. The van der Waals surface area contributed by atoms with Crippen LogP contribution in [0, 0.1) is 0 Å². The molecule has 1 amide bonds. The minimum Gasteiger partial charge on any atom is -0.449 e. The summed E-state index contributed by atoms with van der Waals surface area (Å²) in [6.45, 7) is 0.205. The second-order valence-corrected chi connectivity index (χ2v) is 4.08. The third-order valence-electron chi connectivity index (χ3n) is 1.59. The van der Waals surface area contributed by atoms with Gasteiger partial charge in [0.1, 0.15) is 4.84 Å². The number of carbonyl (C=O) groups is 1. The Hall–Kier alpha value is -0.930. The Balaban J connectivity index is 2.25. The van der Waals surface area contributed by atoms with E-state index in [4.69, 9.17) is 27.9 Å². The Bertz CT molecular complexity index is 304.